The lowest BCUT2D eigenvalue weighted by Crippen LogP contribution is -2.41. The van der Waals surface area contributed by atoms with Crippen LogP contribution in [-0.2, 0) is 4.79 Å². The maximum Gasteiger partial charge on any atom is 0.236 e. The molecule has 19 heavy (non-hydrogen) atoms. The van der Waals surface area contributed by atoms with Crippen molar-refractivity contribution in [3.8, 4) is 0 Å². The molecule has 0 radical (unpaired) electrons. The minimum atomic E-state index is 0.195. The van der Waals surface area contributed by atoms with Crippen LogP contribution in [0.25, 0.3) is 0 Å². The lowest BCUT2D eigenvalue weighted by Gasteiger charge is -2.32. The predicted octanol–water partition coefficient (Wildman–Crippen LogP) is 1.47. The first-order chi connectivity index (χ1) is 8.84. The first-order valence-corrected chi connectivity index (χ1v) is 7.20. The van der Waals surface area contributed by atoms with Crippen molar-refractivity contribution in [1.82, 2.24) is 9.80 Å². The molecule has 1 aliphatic rings. The van der Waals surface area contributed by atoms with Crippen LogP contribution in [0.4, 0.5) is 0 Å². The van der Waals surface area contributed by atoms with E-state index >= 15 is 0 Å². The van der Waals surface area contributed by atoms with Gasteiger partial charge in [0.2, 0.25) is 5.91 Å². The molecule has 0 bridgehead atoms. The molecule has 110 valence electrons. The van der Waals surface area contributed by atoms with Crippen molar-refractivity contribution in [3.63, 3.8) is 0 Å². The van der Waals surface area contributed by atoms with Gasteiger partial charge in [-0.1, -0.05) is 32.4 Å². The summed E-state index contributed by atoms with van der Waals surface area (Å²) >= 11 is 0. The van der Waals surface area contributed by atoms with Gasteiger partial charge in [0.15, 0.2) is 0 Å². The Bertz CT molecular complexity index is 331. The third-order valence-electron chi connectivity index (χ3n) is 3.74. The van der Waals surface area contributed by atoms with Gasteiger partial charge >= 0.3 is 0 Å². The maximum absolute atomic E-state index is 12.0. The standard InChI is InChI=1S/C15H29N3O/c1-15(2,3)13-6-10-18(11-7-13)12-14(19)17(4)9-5-8-16/h6H,5,7-12,16H2,1-4H3. The number of rotatable bonds is 5. The summed E-state index contributed by atoms with van der Waals surface area (Å²) in [5, 5.41) is 0. The molecule has 4 nitrogen and oxygen atoms in total. The molecule has 1 rings (SSSR count). The molecule has 0 aromatic heterocycles. The highest BCUT2D eigenvalue weighted by molar-refractivity contribution is 5.78. The van der Waals surface area contributed by atoms with Crippen LogP contribution in [0.5, 0.6) is 0 Å². The lowest BCUT2D eigenvalue weighted by atomic mass is 9.83. The first-order valence-electron chi connectivity index (χ1n) is 7.20. The Morgan fingerprint density at radius 1 is 1.47 bits per heavy atom. The SMILES string of the molecule is CN(CCCN)C(=O)CN1CC=C(C(C)(C)C)CC1. The molecule has 0 saturated carbocycles. The number of hydrogen-bond donors (Lipinski definition) is 1. The minimum absolute atomic E-state index is 0.195. The smallest absolute Gasteiger partial charge is 0.236 e. The number of amides is 1. The highest BCUT2D eigenvalue weighted by atomic mass is 16.2. The number of carbonyl (C=O) groups excluding carboxylic acids is 1. The fraction of sp³-hybridized carbons (Fsp3) is 0.800. The van der Waals surface area contributed by atoms with Gasteiger partial charge in [0.05, 0.1) is 6.54 Å². The molecule has 0 atom stereocenters. The van der Waals surface area contributed by atoms with Crippen LogP contribution in [0, 0.1) is 5.41 Å². The fourth-order valence-electron chi connectivity index (χ4n) is 2.30. The second kappa shape index (κ2) is 7.06. The highest BCUT2D eigenvalue weighted by Crippen LogP contribution is 2.29. The van der Waals surface area contributed by atoms with Crippen LogP contribution in [0.1, 0.15) is 33.6 Å². The molecule has 2 N–H and O–H groups in total. The Morgan fingerprint density at radius 3 is 2.63 bits per heavy atom. The van der Waals surface area contributed by atoms with Crippen LogP contribution in [-0.4, -0.2) is 55.5 Å². The van der Waals surface area contributed by atoms with Crippen molar-refractivity contribution in [2.24, 2.45) is 11.1 Å². The highest BCUT2D eigenvalue weighted by Gasteiger charge is 2.22. The Labute approximate surface area is 117 Å². The second-order valence-electron chi connectivity index (χ2n) is 6.42. The molecule has 4 heteroatoms. The zero-order valence-corrected chi connectivity index (χ0v) is 12.9. The molecule has 0 aliphatic carbocycles. The largest absolute Gasteiger partial charge is 0.345 e. The quantitative estimate of drug-likeness (QED) is 0.768. The summed E-state index contributed by atoms with van der Waals surface area (Å²) in [6.45, 7) is 10.5. The summed E-state index contributed by atoms with van der Waals surface area (Å²) in [7, 11) is 1.86. The van der Waals surface area contributed by atoms with E-state index in [9.17, 15) is 4.79 Å². The van der Waals surface area contributed by atoms with Gasteiger partial charge in [-0.3, -0.25) is 9.69 Å². The van der Waals surface area contributed by atoms with Gasteiger partial charge in [-0.25, -0.2) is 0 Å². The predicted molar refractivity (Wildman–Crippen MR) is 79.9 cm³/mol. The monoisotopic (exact) mass is 267 g/mol. The van der Waals surface area contributed by atoms with Gasteiger partial charge in [0.1, 0.15) is 0 Å². The van der Waals surface area contributed by atoms with E-state index in [1.807, 2.05) is 7.05 Å². The van der Waals surface area contributed by atoms with E-state index in [-0.39, 0.29) is 11.3 Å². The van der Waals surface area contributed by atoms with E-state index in [4.69, 9.17) is 5.73 Å². The number of likely N-dealkylation sites (N-methyl/N-ethyl adjacent to an activating group) is 1. The summed E-state index contributed by atoms with van der Waals surface area (Å²) in [6.07, 6.45) is 4.23. The second-order valence-corrected chi connectivity index (χ2v) is 6.42. The summed E-state index contributed by atoms with van der Waals surface area (Å²) in [4.78, 5) is 16.0. The minimum Gasteiger partial charge on any atom is -0.345 e. The van der Waals surface area contributed by atoms with Crippen LogP contribution in [0.2, 0.25) is 0 Å². The normalized spacial score (nSPS) is 17.2. The molecule has 0 unspecified atom stereocenters. The van der Waals surface area contributed by atoms with E-state index in [0.717, 1.165) is 32.5 Å². The number of nitrogens with zero attached hydrogens (tertiary/aromatic N) is 2. The Kier molecular flexibility index (Phi) is 6.01. The third-order valence-corrected chi connectivity index (χ3v) is 3.74. The molecule has 1 heterocycles. The molecule has 1 aliphatic heterocycles. The maximum atomic E-state index is 12.0. The number of nitrogens with two attached hydrogens (primary N) is 1. The molecule has 0 saturated heterocycles. The summed E-state index contributed by atoms with van der Waals surface area (Å²) in [6, 6.07) is 0. The molecular weight excluding hydrogens is 238 g/mol. The molecule has 0 spiro atoms. The van der Waals surface area contributed by atoms with Crippen LogP contribution in [0.15, 0.2) is 11.6 Å². The van der Waals surface area contributed by atoms with E-state index in [0.29, 0.717) is 13.1 Å². The zero-order chi connectivity index (χ0) is 14.5. The Hall–Kier alpha value is -0.870. The average molecular weight is 267 g/mol. The van der Waals surface area contributed by atoms with E-state index in [1.54, 1.807) is 4.90 Å². The van der Waals surface area contributed by atoms with Crippen molar-refractivity contribution in [2.75, 3.05) is 39.8 Å². The average Bonchev–Trinajstić information content (AvgIpc) is 2.35. The van der Waals surface area contributed by atoms with Crippen LogP contribution < -0.4 is 5.73 Å². The van der Waals surface area contributed by atoms with Crippen molar-refractivity contribution in [3.05, 3.63) is 11.6 Å². The van der Waals surface area contributed by atoms with Gasteiger partial charge in [0.25, 0.3) is 0 Å². The first kappa shape index (κ1) is 16.2. The summed E-state index contributed by atoms with van der Waals surface area (Å²) in [5.74, 6) is 0.195. The molecule has 0 aromatic rings. The molecular formula is C15H29N3O. The molecule has 0 aromatic carbocycles. The van der Waals surface area contributed by atoms with Gasteiger partial charge in [-0.2, -0.15) is 0 Å². The summed E-state index contributed by atoms with van der Waals surface area (Å²) in [5.41, 5.74) is 7.23. The zero-order valence-electron chi connectivity index (χ0n) is 12.9. The third kappa shape index (κ3) is 5.33. The van der Waals surface area contributed by atoms with Crippen molar-refractivity contribution in [2.45, 2.75) is 33.6 Å². The van der Waals surface area contributed by atoms with Gasteiger partial charge in [-0.15, -0.1) is 0 Å². The van der Waals surface area contributed by atoms with Gasteiger partial charge in [-0.05, 0) is 24.8 Å². The lowest BCUT2D eigenvalue weighted by molar-refractivity contribution is -0.131. The van der Waals surface area contributed by atoms with Crippen molar-refractivity contribution < 1.29 is 4.79 Å². The van der Waals surface area contributed by atoms with Gasteiger partial charge in [0, 0.05) is 26.7 Å². The Morgan fingerprint density at radius 2 is 2.16 bits per heavy atom. The molecule has 1 amide bonds. The number of hydrogen-bond acceptors (Lipinski definition) is 3. The van der Waals surface area contributed by atoms with Crippen LogP contribution in [0.3, 0.4) is 0 Å². The van der Waals surface area contributed by atoms with E-state index in [2.05, 4.69) is 31.7 Å². The number of carbonyl (C=O) groups is 1. The summed E-state index contributed by atoms with van der Waals surface area (Å²) < 4.78 is 0. The van der Waals surface area contributed by atoms with Crippen molar-refractivity contribution in [1.29, 1.82) is 0 Å². The van der Waals surface area contributed by atoms with E-state index < -0.39 is 0 Å². The Balaban J connectivity index is 2.40. The van der Waals surface area contributed by atoms with E-state index in [1.165, 1.54) is 5.57 Å². The van der Waals surface area contributed by atoms with Gasteiger partial charge < -0.3 is 10.6 Å². The van der Waals surface area contributed by atoms with Crippen molar-refractivity contribution >= 4 is 5.91 Å². The fourth-order valence-corrected chi connectivity index (χ4v) is 2.30. The molecule has 0 fully saturated rings. The van der Waals surface area contributed by atoms with Crippen LogP contribution >= 0.6 is 0 Å². The topological polar surface area (TPSA) is 49.6 Å².